The molecule has 5 heterocycles. The van der Waals surface area contributed by atoms with Crippen LogP contribution in [0.15, 0.2) is 30.2 Å². The summed E-state index contributed by atoms with van der Waals surface area (Å²) in [5, 5.41) is 12.4. The van der Waals surface area contributed by atoms with E-state index in [1.807, 2.05) is 24.4 Å². The van der Waals surface area contributed by atoms with Gasteiger partial charge in [0.25, 0.3) is 0 Å². The Morgan fingerprint density at radius 1 is 1.38 bits per heavy atom. The molecule has 1 atom stereocenters. The summed E-state index contributed by atoms with van der Waals surface area (Å²) >= 11 is 1.53. The van der Waals surface area contributed by atoms with E-state index in [9.17, 15) is 9.59 Å². The first-order valence-corrected chi connectivity index (χ1v) is 9.83. The van der Waals surface area contributed by atoms with Gasteiger partial charge in [0.15, 0.2) is 11.5 Å². The van der Waals surface area contributed by atoms with Crippen molar-refractivity contribution < 1.29 is 9.59 Å². The number of amides is 2. The summed E-state index contributed by atoms with van der Waals surface area (Å²) in [4.78, 5) is 41.4. The Hall–Kier alpha value is -3.60. The van der Waals surface area contributed by atoms with Crippen molar-refractivity contribution in [2.45, 2.75) is 25.8 Å². The number of rotatable bonds is 4. The molecule has 10 nitrogen and oxygen atoms in total. The minimum atomic E-state index is -0.459. The van der Waals surface area contributed by atoms with Crippen molar-refractivity contribution in [2.24, 2.45) is 0 Å². The first-order valence-electron chi connectivity index (χ1n) is 8.95. The van der Waals surface area contributed by atoms with Crippen LogP contribution in [-0.2, 0) is 16.0 Å². The van der Waals surface area contributed by atoms with E-state index in [2.05, 4.69) is 35.7 Å². The van der Waals surface area contributed by atoms with E-state index in [1.54, 1.807) is 4.68 Å². The Kier molecular flexibility index (Phi) is 4.09. The average Bonchev–Trinajstić information content (AvgIpc) is 3.41. The van der Waals surface area contributed by atoms with Gasteiger partial charge >= 0.3 is 0 Å². The van der Waals surface area contributed by atoms with Crippen LogP contribution in [0.2, 0.25) is 0 Å². The highest BCUT2D eigenvalue weighted by Crippen LogP contribution is 2.35. The topological polar surface area (TPSA) is 130 Å². The number of hydrogen-bond acceptors (Lipinski definition) is 7. The number of hydrogen-bond donors (Lipinski definition) is 3. The van der Waals surface area contributed by atoms with Crippen molar-refractivity contribution in [3.63, 3.8) is 0 Å². The Morgan fingerprint density at radius 3 is 3.10 bits per heavy atom. The summed E-state index contributed by atoms with van der Waals surface area (Å²) in [6, 6.07) is 3.36. The summed E-state index contributed by atoms with van der Waals surface area (Å²) in [5.74, 6) is 0.635. The number of aromatic amines is 1. The van der Waals surface area contributed by atoms with E-state index >= 15 is 0 Å². The molecule has 1 aliphatic rings. The molecule has 4 aromatic heterocycles. The van der Waals surface area contributed by atoms with Gasteiger partial charge < -0.3 is 15.6 Å². The molecule has 146 valence electrons. The first kappa shape index (κ1) is 17.5. The molecule has 2 amide bonds. The third kappa shape index (κ3) is 3.05. The number of fused-ring (bicyclic) bond motifs is 2. The lowest BCUT2D eigenvalue weighted by Crippen LogP contribution is -2.36. The molecule has 0 radical (unpaired) electrons. The van der Waals surface area contributed by atoms with Crippen LogP contribution in [0.3, 0.4) is 0 Å². The number of carbonyl (C=O) groups excluding carboxylic acids is 2. The van der Waals surface area contributed by atoms with Crippen LogP contribution in [0.1, 0.15) is 28.6 Å². The second-order valence-corrected chi connectivity index (χ2v) is 7.72. The number of anilines is 1. The second-order valence-electron chi connectivity index (χ2n) is 6.69. The van der Waals surface area contributed by atoms with Gasteiger partial charge in [-0.25, -0.2) is 15.0 Å². The Morgan fingerprint density at radius 2 is 2.28 bits per heavy atom. The van der Waals surface area contributed by atoms with Gasteiger partial charge in [-0.05, 0) is 18.4 Å². The average molecular weight is 408 g/mol. The number of nitrogens with zero attached hydrogens (tertiary/aromatic N) is 5. The molecule has 3 N–H and O–H groups in total. The maximum atomic E-state index is 12.5. The minimum Gasteiger partial charge on any atom is -0.348 e. The van der Waals surface area contributed by atoms with Gasteiger partial charge in [-0.2, -0.15) is 9.78 Å². The van der Waals surface area contributed by atoms with Gasteiger partial charge in [0.05, 0.1) is 30.9 Å². The van der Waals surface area contributed by atoms with Crippen molar-refractivity contribution in [2.75, 3.05) is 5.32 Å². The summed E-state index contributed by atoms with van der Waals surface area (Å²) in [6.45, 7) is 1.84. The summed E-state index contributed by atoms with van der Waals surface area (Å²) < 4.78 is 1.56. The van der Waals surface area contributed by atoms with Crippen LogP contribution in [0, 0.1) is 6.92 Å². The smallest absolute Gasteiger partial charge is 0.227 e. The number of nitrogens with one attached hydrogen (secondary N) is 3. The predicted octanol–water partition coefficient (Wildman–Crippen LogP) is 1.65. The third-order valence-corrected chi connectivity index (χ3v) is 5.63. The van der Waals surface area contributed by atoms with Crippen LogP contribution in [0.5, 0.6) is 0 Å². The molecule has 0 saturated heterocycles. The zero-order valence-electron chi connectivity index (χ0n) is 15.3. The van der Waals surface area contributed by atoms with E-state index in [-0.39, 0.29) is 24.7 Å². The molecule has 0 spiro atoms. The van der Waals surface area contributed by atoms with Gasteiger partial charge in [0.1, 0.15) is 17.7 Å². The molecule has 1 unspecified atom stereocenters. The van der Waals surface area contributed by atoms with Crippen molar-refractivity contribution in [1.82, 2.24) is 35.0 Å². The molecule has 5 rings (SSSR count). The van der Waals surface area contributed by atoms with Gasteiger partial charge in [0, 0.05) is 10.4 Å². The van der Waals surface area contributed by atoms with Crippen LogP contribution >= 0.6 is 11.3 Å². The number of carbonyl (C=O) groups is 2. The van der Waals surface area contributed by atoms with E-state index in [1.165, 1.54) is 24.0 Å². The predicted molar refractivity (Wildman–Crippen MR) is 106 cm³/mol. The van der Waals surface area contributed by atoms with Crippen LogP contribution < -0.4 is 10.6 Å². The fourth-order valence-electron chi connectivity index (χ4n) is 3.55. The van der Waals surface area contributed by atoms with Crippen LogP contribution in [0.25, 0.3) is 17.0 Å². The van der Waals surface area contributed by atoms with Crippen LogP contribution in [-0.4, -0.2) is 41.5 Å². The van der Waals surface area contributed by atoms with Gasteiger partial charge in [-0.1, -0.05) is 6.07 Å². The highest BCUT2D eigenvalue weighted by molar-refractivity contribution is 7.10. The molecule has 0 saturated carbocycles. The normalized spacial score (nSPS) is 15.9. The SMILES string of the molecule is Cc1nn(-c2ncnc3nc[nH]c23)c2c1C(NC(=O)Cc1cccs1)CC(=O)N2. The molecule has 11 heteroatoms. The summed E-state index contributed by atoms with van der Waals surface area (Å²) in [5.41, 5.74) is 2.58. The quantitative estimate of drug-likeness (QED) is 0.471. The maximum absolute atomic E-state index is 12.5. The number of thiophene rings is 1. The highest BCUT2D eigenvalue weighted by Gasteiger charge is 2.33. The fourth-order valence-corrected chi connectivity index (χ4v) is 4.26. The Labute approximate surface area is 168 Å². The van der Waals surface area contributed by atoms with Crippen molar-refractivity contribution in [1.29, 1.82) is 0 Å². The molecule has 0 aromatic carbocycles. The number of H-pyrrole nitrogens is 1. The Balaban J connectivity index is 1.53. The lowest BCUT2D eigenvalue weighted by Gasteiger charge is -2.24. The summed E-state index contributed by atoms with van der Waals surface area (Å²) in [7, 11) is 0. The molecule has 29 heavy (non-hydrogen) atoms. The van der Waals surface area contributed by atoms with E-state index < -0.39 is 6.04 Å². The number of aryl methyl sites for hydroxylation is 1. The lowest BCUT2D eigenvalue weighted by atomic mass is 9.99. The largest absolute Gasteiger partial charge is 0.348 e. The van der Waals surface area contributed by atoms with Gasteiger partial charge in [-0.3, -0.25) is 9.59 Å². The van der Waals surface area contributed by atoms with Crippen molar-refractivity contribution in [3.8, 4) is 5.82 Å². The number of aromatic nitrogens is 6. The molecular weight excluding hydrogens is 392 g/mol. The maximum Gasteiger partial charge on any atom is 0.227 e. The zero-order chi connectivity index (χ0) is 20.0. The van der Waals surface area contributed by atoms with Crippen molar-refractivity contribution >= 4 is 40.1 Å². The highest BCUT2D eigenvalue weighted by atomic mass is 32.1. The molecule has 0 aliphatic carbocycles. The zero-order valence-corrected chi connectivity index (χ0v) is 16.2. The van der Waals surface area contributed by atoms with Gasteiger partial charge in [-0.15, -0.1) is 11.3 Å². The standard InChI is InChI=1S/C18H16N8O2S/c1-9-14-11(23-12(27)5-10-3-2-4-29-10)6-13(28)24-17(14)26(25-9)18-15-16(20-7-19-15)21-8-22-18/h2-4,7-8,11H,5-6H2,1H3,(H,23,27)(H,24,28)(H,19,20,21,22). The van der Waals surface area contributed by atoms with Crippen molar-refractivity contribution in [3.05, 3.63) is 46.3 Å². The minimum absolute atomic E-state index is 0.136. The molecule has 4 aromatic rings. The monoisotopic (exact) mass is 408 g/mol. The van der Waals surface area contributed by atoms with Gasteiger partial charge in [0.2, 0.25) is 11.8 Å². The fraction of sp³-hybridized carbons (Fsp3) is 0.222. The van der Waals surface area contributed by atoms with E-state index in [0.717, 1.165) is 10.4 Å². The molecule has 0 bridgehead atoms. The second kappa shape index (κ2) is 6.78. The third-order valence-electron chi connectivity index (χ3n) is 4.76. The lowest BCUT2D eigenvalue weighted by molar-refractivity contribution is -0.122. The van der Waals surface area contributed by atoms with Crippen LogP contribution in [0.4, 0.5) is 5.82 Å². The Bertz CT molecular complexity index is 1230. The number of imidazole rings is 1. The molecular formula is C18H16N8O2S. The first-order chi connectivity index (χ1) is 14.1. The molecule has 0 fully saturated rings. The van der Waals surface area contributed by atoms with E-state index in [0.29, 0.717) is 28.5 Å². The van der Waals surface area contributed by atoms with E-state index in [4.69, 9.17) is 0 Å². The molecule has 1 aliphatic heterocycles. The summed E-state index contributed by atoms with van der Waals surface area (Å²) in [6.07, 6.45) is 3.35.